The van der Waals surface area contributed by atoms with Crippen LogP contribution in [0.25, 0.3) is 11.0 Å². The van der Waals surface area contributed by atoms with Crippen LogP contribution in [0.15, 0.2) is 29.1 Å². The van der Waals surface area contributed by atoms with E-state index in [0.717, 1.165) is 35.9 Å². The van der Waals surface area contributed by atoms with Crippen LogP contribution in [-0.4, -0.2) is 81.1 Å². The summed E-state index contributed by atoms with van der Waals surface area (Å²) >= 11 is 0. The van der Waals surface area contributed by atoms with Crippen molar-refractivity contribution in [2.45, 2.75) is 69.8 Å². The summed E-state index contributed by atoms with van der Waals surface area (Å²) in [5.41, 5.74) is 0.886. The Kier molecular flexibility index (Phi) is 6.76. The molecule has 0 aliphatic carbocycles. The Morgan fingerprint density at radius 1 is 1.24 bits per heavy atom. The lowest BCUT2D eigenvalue weighted by Gasteiger charge is -2.40. The molecule has 2 aliphatic heterocycles. The van der Waals surface area contributed by atoms with Crippen LogP contribution in [0.1, 0.15) is 45.6 Å². The number of aromatic nitrogens is 2. The number of nitrogens with zero attached hydrogens (tertiary/aromatic N) is 4. The minimum atomic E-state index is -0.644. The molecular formula is C23H33N5O5. The van der Waals surface area contributed by atoms with Gasteiger partial charge in [-0.15, -0.1) is 4.73 Å². The highest BCUT2D eigenvalue weighted by Crippen LogP contribution is 2.35. The molecule has 2 aromatic rings. The van der Waals surface area contributed by atoms with Crippen molar-refractivity contribution in [3.05, 3.63) is 34.7 Å². The molecule has 1 aromatic carbocycles. The number of amides is 2. The van der Waals surface area contributed by atoms with Gasteiger partial charge in [0.05, 0.1) is 11.6 Å². The normalized spacial score (nSPS) is 23.6. The third-order valence-electron chi connectivity index (χ3n) is 6.74. The third kappa shape index (κ3) is 4.77. The number of imidazole rings is 1. The van der Waals surface area contributed by atoms with Gasteiger partial charge in [0.2, 0.25) is 6.41 Å². The lowest BCUT2D eigenvalue weighted by atomic mass is 9.97. The van der Waals surface area contributed by atoms with E-state index in [0.29, 0.717) is 25.0 Å². The highest BCUT2D eigenvalue weighted by molar-refractivity contribution is 5.77. The molecule has 33 heavy (non-hydrogen) atoms. The molecule has 0 spiro atoms. The van der Waals surface area contributed by atoms with Crippen LogP contribution in [0.3, 0.4) is 0 Å². The van der Waals surface area contributed by atoms with E-state index in [-0.39, 0.29) is 29.9 Å². The molecule has 2 bridgehead atoms. The standard InChI is InChI=1S/C23H33N5O5/c1-15(2)27-20-6-4-5-7-21(20)28(23(27)32)33-22(31)24-16-10-17-8-9-18(11-16)26(17)13-19(30)12-25(3)14-29/h4-7,14-19,30H,8-13H2,1-3H3,(H,24,31)/t16-,17-,18+,19?. The molecule has 2 fully saturated rings. The smallest absolute Gasteiger partial charge is 0.390 e. The van der Waals surface area contributed by atoms with Gasteiger partial charge in [0, 0.05) is 44.3 Å². The SMILES string of the molecule is CC(C)n1c(=O)n(OC(=O)N[C@@H]2C[C@H]3CC[C@@H](C2)N3CC(O)CN(C)C=O)c2ccccc21. The molecule has 4 rings (SSSR count). The Hall–Kier alpha value is -2.85. The Balaban J connectivity index is 1.39. The van der Waals surface area contributed by atoms with E-state index in [9.17, 15) is 19.5 Å². The van der Waals surface area contributed by atoms with E-state index in [1.807, 2.05) is 26.0 Å². The van der Waals surface area contributed by atoms with Crippen molar-refractivity contribution < 1.29 is 19.5 Å². The van der Waals surface area contributed by atoms with E-state index in [4.69, 9.17) is 4.84 Å². The first-order valence-electron chi connectivity index (χ1n) is 11.6. The van der Waals surface area contributed by atoms with Gasteiger partial charge in [0.25, 0.3) is 0 Å². The van der Waals surface area contributed by atoms with Crippen LogP contribution in [0.5, 0.6) is 0 Å². The lowest BCUT2D eigenvalue weighted by Crippen LogP contribution is -2.54. The summed E-state index contributed by atoms with van der Waals surface area (Å²) in [6, 6.07) is 7.64. The largest absolute Gasteiger partial charge is 0.432 e. The maximum absolute atomic E-state index is 12.9. The summed E-state index contributed by atoms with van der Waals surface area (Å²) in [6.45, 7) is 4.63. The van der Waals surface area contributed by atoms with Gasteiger partial charge in [-0.3, -0.25) is 14.3 Å². The number of aliphatic hydroxyl groups excluding tert-OH is 1. The van der Waals surface area contributed by atoms with Crippen molar-refractivity contribution in [2.75, 3.05) is 20.1 Å². The van der Waals surface area contributed by atoms with Gasteiger partial charge in [-0.25, -0.2) is 9.59 Å². The van der Waals surface area contributed by atoms with Crippen LogP contribution >= 0.6 is 0 Å². The fraction of sp³-hybridized carbons (Fsp3) is 0.609. The number of benzene rings is 1. The summed E-state index contributed by atoms with van der Waals surface area (Å²) in [6.07, 6.45) is 2.99. The minimum absolute atomic E-state index is 0.0600. The van der Waals surface area contributed by atoms with Crippen LogP contribution in [0.4, 0.5) is 4.79 Å². The number of fused-ring (bicyclic) bond motifs is 3. The minimum Gasteiger partial charge on any atom is -0.390 e. The molecule has 3 heterocycles. The Morgan fingerprint density at radius 3 is 2.48 bits per heavy atom. The molecule has 2 aliphatic rings. The number of nitrogens with one attached hydrogen (secondary N) is 1. The fourth-order valence-corrected chi connectivity index (χ4v) is 5.37. The van der Waals surface area contributed by atoms with Gasteiger partial charge < -0.3 is 20.2 Å². The predicted octanol–water partition coefficient (Wildman–Crippen LogP) is 0.967. The van der Waals surface area contributed by atoms with Crippen molar-refractivity contribution in [2.24, 2.45) is 0 Å². The third-order valence-corrected chi connectivity index (χ3v) is 6.74. The maximum atomic E-state index is 12.9. The molecule has 2 saturated heterocycles. The van der Waals surface area contributed by atoms with Gasteiger partial charge in [0.15, 0.2) is 0 Å². The second-order valence-electron chi connectivity index (χ2n) is 9.50. The van der Waals surface area contributed by atoms with Crippen LogP contribution in [0.2, 0.25) is 0 Å². The zero-order valence-electron chi connectivity index (χ0n) is 19.4. The number of hydrogen-bond donors (Lipinski definition) is 2. The van der Waals surface area contributed by atoms with Crippen LogP contribution in [0, 0.1) is 0 Å². The molecule has 10 heteroatoms. The molecular weight excluding hydrogens is 426 g/mol. The first-order valence-corrected chi connectivity index (χ1v) is 11.6. The van der Waals surface area contributed by atoms with E-state index < -0.39 is 12.2 Å². The van der Waals surface area contributed by atoms with Gasteiger partial charge >= 0.3 is 11.8 Å². The molecule has 10 nitrogen and oxygen atoms in total. The summed E-state index contributed by atoms with van der Waals surface area (Å²) in [5.74, 6) is 0. The van der Waals surface area contributed by atoms with E-state index >= 15 is 0 Å². The molecule has 0 saturated carbocycles. The number of rotatable bonds is 8. The molecule has 1 aromatic heterocycles. The first-order chi connectivity index (χ1) is 15.8. The summed E-state index contributed by atoms with van der Waals surface area (Å²) in [4.78, 5) is 45.6. The molecule has 2 N–H and O–H groups in total. The monoisotopic (exact) mass is 459 g/mol. The van der Waals surface area contributed by atoms with Gasteiger partial charge in [-0.1, -0.05) is 12.1 Å². The Bertz CT molecular complexity index is 1050. The van der Waals surface area contributed by atoms with Crippen molar-refractivity contribution in [1.82, 2.24) is 24.4 Å². The highest BCUT2D eigenvalue weighted by atomic mass is 16.7. The van der Waals surface area contributed by atoms with Crippen molar-refractivity contribution in [3.8, 4) is 0 Å². The Morgan fingerprint density at radius 2 is 1.88 bits per heavy atom. The summed E-state index contributed by atoms with van der Waals surface area (Å²) < 4.78 is 2.67. The number of hydrogen-bond acceptors (Lipinski definition) is 6. The number of carbonyl (C=O) groups is 2. The molecule has 4 atom stereocenters. The number of piperidine rings is 1. The number of para-hydroxylation sites is 2. The number of aliphatic hydroxyl groups is 1. The highest BCUT2D eigenvalue weighted by Gasteiger charge is 2.42. The second-order valence-corrected chi connectivity index (χ2v) is 9.50. The Labute approximate surface area is 192 Å². The first kappa shape index (κ1) is 23.3. The maximum Gasteiger partial charge on any atom is 0.432 e. The average molecular weight is 460 g/mol. The van der Waals surface area contributed by atoms with Crippen LogP contribution < -0.4 is 15.8 Å². The van der Waals surface area contributed by atoms with Crippen molar-refractivity contribution in [3.63, 3.8) is 0 Å². The summed E-state index contributed by atoms with van der Waals surface area (Å²) in [5, 5.41) is 13.3. The number of likely N-dealkylation sites (N-methyl/N-ethyl adjacent to an activating group) is 1. The predicted molar refractivity (Wildman–Crippen MR) is 123 cm³/mol. The molecule has 0 radical (unpaired) electrons. The van der Waals surface area contributed by atoms with Gasteiger partial charge in [0.1, 0.15) is 5.52 Å². The lowest BCUT2D eigenvalue weighted by molar-refractivity contribution is -0.118. The zero-order valence-corrected chi connectivity index (χ0v) is 19.4. The number of carbonyl (C=O) groups excluding carboxylic acids is 2. The van der Waals surface area contributed by atoms with Gasteiger partial charge in [-0.05, 0) is 51.7 Å². The molecule has 2 amide bonds. The van der Waals surface area contributed by atoms with Crippen LogP contribution in [-0.2, 0) is 4.79 Å². The van der Waals surface area contributed by atoms with E-state index in [1.165, 1.54) is 4.90 Å². The topological polar surface area (TPSA) is 109 Å². The van der Waals surface area contributed by atoms with E-state index in [2.05, 4.69) is 10.2 Å². The second kappa shape index (κ2) is 9.56. The van der Waals surface area contributed by atoms with Crippen molar-refractivity contribution in [1.29, 1.82) is 0 Å². The zero-order chi connectivity index (χ0) is 23.7. The average Bonchev–Trinajstić information content (AvgIpc) is 3.16. The quantitative estimate of drug-likeness (QED) is 0.570. The van der Waals surface area contributed by atoms with Crippen molar-refractivity contribution >= 4 is 23.5 Å². The summed E-state index contributed by atoms with van der Waals surface area (Å²) in [7, 11) is 1.65. The van der Waals surface area contributed by atoms with E-state index in [1.54, 1.807) is 23.7 Å². The fourth-order valence-electron chi connectivity index (χ4n) is 5.37. The molecule has 1 unspecified atom stereocenters. The van der Waals surface area contributed by atoms with Gasteiger partial charge in [-0.2, -0.15) is 0 Å². The molecule has 180 valence electrons.